The van der Waals surface area contributed by atoms with Gasteiger partial charge in [0.15, 0.2) is 5.82 Å². The summed E-state index contributed by atoms with van der Waals surface area (Å²) in [6.45, 7) is 8.94. The summed E-state index contributed by atoms with van der Waals surface area (Å²) in [5.41, 5.74) is 0.245. The summed E-state index contributed by atoms with van der Waals surface area (Å²) in [7, 11) is 0. The molecule has 2 aliphatic rings. The van der Waals surface area contributed by atoms with Crippen molar-refractivity contribution in [2.24, 2.45) is 5.41 Å². The lowest BCUT2D eigenvalue weighted by molar-refractivity contribution is -0.134. The predicted octanol–water partition coefficient (Wildman–Crippen LogP) is 1.21. The Morgan fingerprint density at radius 1 is 1.36 bits per heavy atom. The molecule has 1 aromatic heterocycles. The van der Waals surface area contributed by atoms with Crippen LogP contribution < -0.4 is 0 Å². The predicted molar refractivity (Wildman–Crippen MR) is 80.2 cm³/mol. The normalized spacial score (nSPS) is 24.4. The first kappa shape index (κ1) is 15.4. The molecular formula is C15H25N5O2. The minimum atomic E-state index is 0.116. The van der Waals surface area contributed by atoms with Crippen molar-refractivity contribution in [3.8, 4) is 0 Å². The fraction of sp³-hybridized carbons (Fsp3) is 0.867. The Bertz CT molecular complexity index is 536. The van der Waals surface area contributed by atoms with Gasteiger partial charge in [0.05, 0.1) is 0 Å². The quantitative estimate of drug-likeness (QED) is 0.839. The van der Waals surface area contributed by atoms with Gasteiger partial charge in [-0.1, -0.05) is 13.8 Å². The van der Waals surface area contributed by atoms with Crippen molar-refractivity contribution in [3.05, 3.63) is 5.82 Å². The van der Waals surface area contributed by atoms with Crippen LogP contribution in [0, 0.1) is 5.41 Å². The van der Waals surface area contributed by atoms with Gasteiger partial charge in [-0.15, -0.1) is 5.10 Å². The van der Waals surface area contributed by atoms with E-state index in [0.717, 1.165) is 44.8 Å². The largest absolute Gasteiger partial charge is 0.381 e. The van der Waals surface area contributed by atoms with Gasteiger partial charge in [0, 0.05) is 31.7 Å². The van der Waals surface area contributed by atoms with Crippen LogP contribution in [0.2, 0.25) is 0 Å². The Hall–Kier alpha value is -1.50. The van der Waals surface area contributed by atoms with Crippen LogP contribution in [0.1, 0.15) is 51.8 Å². The fourth-order valence-corrected chi connectivity index (χ4v) is 3.82. The molecule has 0 radical (unpaired) electrons. The summed E-state index contributed by atoms with van der Waals surface area (Å²) in [4.78, 5) is 14.7. The van der Waals surface area contributed by atoms with E-state index in [-0.39, 0.29) is 29.8 Å². The van der Waals surface area contributed by atoms with E-state index in [4.69, 9.17) is 4.74 Å². The summed E-state index contributed by atoms with van der Waals surface area (Å²) in [5, 5.41) is 11.7. The average Bonchev–Trinajstić information content (AvgIpc) is 3.07. The van der Waals surface area contributed by atoms with E-state index in [9.17, 15) is 4.79 Å². The zero-order valence-corrected chi connectivity index (χ0v) is 13.7. The number of hydrogen-bond acceptors (Lipinski definition) is 5. The van der Waals surface area contributed by atoms with Crippen LogP contribution in [-0.4, -0.2) is 56.8 Å². The van der Waals surface area contributed by atoms with Gasteiger partial charge in [-0.25, -0.2) is 4.68 Å². The molecule has 2 saturated heterocycles. The monoisotopic (exact) mass is 307 g/mol. The van der Waals surface area contributed by atoms with Crippen LogP contribution in [0.5, 0.6) is 0 Å². The Balaban J connectivity index is 1.69. The Morgan fingerprint density at radius 2 is 2.09 bits per heavy atom. The highest BCUT2D eigenvalue weighted by Gasteiger charge is 2.47. The van der Waals surface area contributed by atoms with Crippen molar-refractivity contribution in [1.29, 1.82) is 0 Å². The van der Waals surface area contributed by atoms with E-state index in [0.29, 0.717) is 0 Å². The molecule has 2 aliphatic heterocycles. The van der Waals surface area contributed by atoms with Gasteiger partial charge in [-0.05, 0) is 42.0 Å². The fourth-order valence-electron chi connectivity index (χ4n) is 3.82. The first-order valence-electron chi connectivity index (χ1n) is 8.17. The molecule has 0 saturated carbocycles. The zero-order chi connectivity index (χ0) is 15.7. The van der Waals surface area contributed by atoms with Gasteiger partial charge in [0.25, 0.3) is 0 Å². The molecule has 1 amide bonds. The van der Waals surface area contributed by atoms with Crippen molar-refractivity contribution in [2.75, 3.05) is 19.8 Å². The molecule has 7 heteroatoms. The number of carbonyl (C=O) groups excluding carboxylic acids is 1. The lowest BCUT2D eigenvalue weighted by atomic mass is 9.74. The van der Waals surface area contributed by atoms with E-state index >= 15 is 0 Å². The maximum atomic E-state index is 12.7. The van der Waals surface area contributed by atoms with Crippen molar-refractivity contribution >= 4 is 5.91 Å². The zero-order valence-electron chi connectivity index (χ0n) is 13.7. The van der Waals surface area contributed by atoms with E-state index < -0.39 is 0 Å². The van der Waals surface area contributed by atoms with Crippen LogP contribution in [0.4, 0.5) is 0 Å². The molecule has 7 nitrogen and oxygen atoms in total. The standard InChI is InChI=1S/C15H25N5O2/c1-11(2)14-16-17-18-20(14)10-13(21)19-7-4-15(12(19)3)5-8-22-9-6-15/h11-12H,4-10H2,1-3H3. The number of nitrogens with zero attached hydrogens (tertiary/aromatic N) is 5. The second-order valence-corrected chi connectivity index (χ2v) is 6.84. The topological polar surface area (TPSA) is 73.1 Å². The molecule has 1 aromatic rings. The van der Waals surface area contributed by atoms with E-state index in [1.807, 2.05) is 18.7 Å². The average molecular weight is 307 g/mol. The van der Waals surface area contributed by atoms with Crippen molar-refractivity contribution in [1.82, 2.24) is 25.1 Å². The van der Waals surface area contributed by atoms with Crippen LogP contribution in [0.25, 0.3) is 0 Å². The number of ether oxygens (including phenoxy) is 1. The molecule has 0 aromatic carbocycles. The molecule has 0 aliphatic carbocycles. The SMILES string of the molecule is CC(C)c1nnnn1CC(=O)N1CCC2(CCOCC2)C1C. The Morgan fingerprint density at radius 3 is 2.77 bits per heavy atom. The van der Waals surface area contributed by atoms with Gasteiger partial charge < -0.3 is 9.64 Å². The molecule has 1 spiro atoms. The molecule has 0 bridgehead atoms. The number of likely N-dealkylation sites (tertiary alicyclic amines) is 1. The molecule has 2 fully saturated rings. The first-order valence-corrected chi connectivity index (χ1v) is 8.17. The number of rotatable bonds is 3. The van der Waals surface area contributed by atoms with E-state index in [1.54, 1.807) is 4.68 Å². The third-order valence-electron chi connectivity index (χ3n) is 5.37. The van der Waals surface area contributed by atoms with Crippen LogP contribution in [0.15, 0.2) is 0 Å². The van der Waals surface area contributed by atoms with Crippen molar-refractivity contribution in [2.45, 2.75) is 58.5 Å². The number of amides is 1. The maximum Gasteiger partial charge on any atom is 0.244 e. The van der Waals surface area contributed by atoms with Gasteiger partial charge in [0.2, 0.25) is 5.91 Å². The molecule has 1 unspecified atom stereocenters. The third-order valence-corrected chi connectivity index (χ3v) is 5.37. The Kier molecular flexibility index (Phi) is 4.16. The lowest BCUT2D eigenvalue weighted by Crippen LogP contribution is -2.44. The highest BCUT2D eigenvalue weighted by Crippen LogP contribution is 2.44. The van der Waals surface area contributed by atoms with E-state index in [1.165, 1.54) is 0 Å². The molecule has 3 rings (SSSR count). The number of tetrazole rings is 1. The first-order chi connectivity index (χ1) is 10.5. The van der Waals surface area contributed by atoms with Gasteiger partial charge in [0.1, 0.15) is 6.54 Å². The van der Waals surface area contributed by atoms with Crippen molar-refractivity contribution in [3.63, 3.8) is 0 Å². The van der Waals surface area contributed by atoms with Gasteiger partial charge in [-0.2, -0.15) is 0 Å². The highest BCUT2D eigenvalue weighted by molar-refractivity contribution is 5.76. The number of aromatic nitrogens is 4. The van der Waals surface area contributed by atoms with Crippen molar-refractivity contribution < 1.29 is 9.53 Å². The molecular weight excluding hydrogens is 282 g/mol. The summed E-state index contributed by atoms with van der Waals surface area (Å²) in [6.07, 6.45) is 3.19. The van der Waals surface area contributed by atoms with Crippen LogP contribution in [-0.2, 0) is 16.1 Å². The Labute approximate surface area is 131 Å². The molecule has 0 N–H and O–H groups in total. The van der Waals surface area contributed by atoms with Gasteiger partial charge in [-0.3, -0.25) is 4.79 Å². The van der Waals surface area contributed by atoms with Crippen LogP contribution in [0.3, 0.4) is 0 Å². The number of hydrogen-bond donors (Lipinski definition) is 0. The second kappa shape index (κ2) is 5.95. The summed E-state index contributed by atoms with van der Waals surface area (Å²) < 4.78 is 7.13. The molecule has 1 atom stereocenters. The summed E-state index contributed by atoms with van der Waals surface area (Å²) in [5.74, 6) is 1.09. The lowest BCUT2D eigenvalue weighted by Gasteiger charge is -2.38. The molecule has 3 heterocycles. The van der Waals surface area contributed by atoms with E-state index in [2.05, 4.69) is 22.4 Å². The molecule has 22 heavy (non-hydrogen) atoms. The second-order valence-electron chi connectivity index (χ2n) is 6.84. The third kappa shape index (κ3) is 2.62. The maximum absolute atomic E-state index is 12.7. The summed E-state index contributed by atoms with van der Waals surface area (Å²) in [6, 6.07) is 0.267. The molecule has 122 valence electrons. The highest BCUT2D eigenvalue weighted by atomic mass is 16.5. The number of carbonyl (C=O) groups is 1. The minimum Gasteiger partial charge on any atom is -0.381 e. The summed E-state index contributed by atoms with van der Waals surface area (Å²) >= 11 is 0. The minimum absolute atomic E-state index is 0.116. The van der Waals surface area contributed by atoms with Crippen LogP contribution >= 0.6 is 0 Å². The van der Waals surface area contributed by atoms with Gasteiger partial charge >= 0.3 is 0 Å². The smallest absolute Gasteiger partial charge is 0.244 e.